The lowest BCUT2D eigenvalue weighted by atomic mass is 10.2. The minimum absolute atomic E-state index is 0.800. The molecule has 1 aromatic carbocycles. The van der Waals surface area contributed by atoms with Gasteiger partial charge in [0.2, 0.25) is 0 Å². The smallest absolute Gasteiger partial charge is 0.0470 e. The van der Waals surface area contributed by atoms with Crippen molar-refractivity contribution in [2.24, 2.45) is 0 Å². The van der Waals surface area contributed by atoms with Gasteiger partial charge in [0.05, 0.1) is 0 Å². The number of benzene rings is 1. The Morgan fingerprint density at radius 1 is 1.44 bits per heavy atom. The first-order chi connectivity index (χ1) is 4.22. The summed E-state index contributed by atoms with van der Waals surface area (Å²) in [5, 5.41) is 0.800. The fourth-order valence-electron chi connectivity index (χ4n) is 0.667. The predicted octanol–water partition coefficient (Wildman–Crippen LogP) is 2.56. The molecule has 0 saturated carbocycles. The number of rotatable bonds is 0. The lowest BCUT2D eigenvalue weighted by Gasteiger charge is -1.97. The van der Waals surface area contributed by atoms with E-state index in [4.69, 9.17) is 11.6 Å². The highest BCUT2D eigenvalue weighted by Crippen LogP contribution is 2.17. The second-order valence-electron chi connectivity index (χ2n) is 2.04. The average molecular weight is 139 g/mol. The molecular formula is C8H7Cl. The molecule has 0 aromatic heterocycles. The van der Waals surface area contributed by atoms with E-state index in [9.17, 15) is 0 Å². The van der Waals surface area contributed by atoms with Crippen molar-refractivity contribution in [2.45, 2.75) is 13.8 Å². The Labute approximate surface area is 60.5 Å². The van der Waals surface area contributed by atoms with Gasteiger partial charge in [0, 0.05) is 5.02 Å². The average Bonchev–Trinajstić information content (AvgIpc) is 1.83. The van der Waals surface area contributed by atoms with E-state index < -0.39 is 0 Å². The largest absolute Gasteiger partial charge is 0.0837 e. The highest BCUT2D eigenvalue weighted by Gasteiger charge is 1.95. The van der Waals surface area contributed by atoms with E-state index in [1.165, 1.54) is 0 Å². The molecule has 0 bridgehead atoms. The first-order valence-electron chi connectivity index (χ1n) is 2.77. The Morgan fingerprint density at radius 2 is 2.11 bits per heavy atom. The maximum absolute atomic E-state index is 5.83. The topological polar surface area (TPSA) is 0 Å². The lowest BCUT2D eigenvalue weighted by Crippen LogP contribution is -1.78. The van der Waals surface area contributed by atoms with Crippen LogP contribution in [0.25, 0.3) is 0 Å². The number of halogens is 1. The molecule has 0 spiro atoms. The molecule has 0 aliphatic carbocycles. The van der Waals surface area contributed by atoms with Crippen molar-refractivity contribution in [3.63, 3.8) is 0 Å². The van der Waals surface area contributed by atoms with Crippen LogP contribution in [-0.2, 0) is 0 Å². The third-order valence-corrected chi connectivity index (χ3v) is 1.81. The standard InChI is InChI=1S/C8H7Cl/c1-6-4-3-5-7(2)8(6)9/h4H,1-2H3. The van der Waals surface area contributed by atoms with Crippen LogP contribution in [0, 0.1) is 26.0 Å². The predicted molar refractivity (Wildman–Crippen MR) is 38.6 cm³/mol. The van der Waals surface area contributed by atoms with Gasteiger partial charge in [-0.3, -0.25) is 0 Å². The summed E-state index contributed by atoms with van der Waals surface area (Å²) in [4.78, 5) is 0. The van der Waals surface area contributed by atoms with E-state index in [1.54, 1.807) is 0 Å². The first kappa shape index (κ1) is 6.63. The second kappa shape index (κ2) is 2.40. The molecule has 0 saturated heterocycles. The van der Waals surface area contributed by atoms with Gasteiger partial charge in [-0.2, -0.15) is 0 Å². The molecule has 0 heterocycles. The third kappa shape index (κ3) is 1.25. The van der Waals surface area contributed by atoms with Crippen LogP contribution in [0.3, 0.4) is 0 Å². The molecule has 0 N–H and O–H groups in total. The lowest BCUT2D eigenvalue weighted by molar-refractivity contribution is 1.37. The number of hydrogen-bond donors (Lipinski definition) is 0. The molecule has 0 unspecified atom stereocenters. The summed E-state index contributed by atoms with van der Waals surface area (Å²) in [7, 11) is 0. The molecule has 0 amide bonds. The van der Waals surface area contributed by atoms with Gasteiger partial charge in [0.1, 0.15) is 0 Å². The molecule has 0 aliphatic heterocycles. The first-order valence-corrected chi connectivity index (χ1v) is 3.14. The van der Waals surface area contributed by atoms with Crippen molar-refractivity contribution >= 4 is 11.6 Å². The number of aryl methyl sites for hydroxylation is 2. The van der Waals surface area contributed by atoms with Crippen LogP contribution in [0.2, 0.25) is 5.02 Å². The Morgan fingerprint density at radius 3 is 2.56 bits per heavy atom. The summed E-state index contributed by atoms with van der Waals surface area (Å²) in [5.41, 5.74) is 2.03. The molecule has 46 valence electrons. The normalized spacial score (nSPS) is 9.67. The zero-order chi connectivity index (χ0) is 6.85. The fourth-order valence-corrected chi connectivity index (χ4v) is 0.768. The highest BCUT2D eigenvalue weighted by atomic mass is 35.5. The van der Waals surface area contributed by atoms with Crippen molar-refractivity contribution in [1.29, 1.82) is 0 Å². The van der Waals surface area contributed by atoms with Gasteiger partial charge in [-0.25, -0.2) is 0 Å². The van der Waals surface area contributed by atoms with Gasteiger partial charge in [-0.15, -0.1) is 0 Å². The van der Waals surface area contributed by atoms with Crippen LogP contribution in [0.5, 0.6) is 0 Å². The zero-order valence-electron chi connectivity index (χ0n) is 5.46. The maximum atomic E-state index is 5.83. The molecule has 2 radical (unpaired) electrons. The van der Waals surface area contributed by atoms with Crippen molar-refractivity contribution in [2.75, 3.05) is 0 Å². The molecule has 1 rings (SSSR count). The van der Waals surface area contributed by atoms with Crippen LogP contribution in [-0.4, -0.2) is 0 Å². The van der Waals surface area contributed by atoms with Crippen LogP contribution >= 0.6 is 11.6 Å². The van der Waals surface area contributed by atoms with E-state index in [0.29, 0.717) is 0 Å². The van der Waals surface area contributed by atoms with Crippen molar-refractivity contribution in [3.05, 3.63) is 34.3 Å². The Hall–Kier alpha value is -0.490. The van der Waals surface area contributed by atoms with Crippen LogP contribution < -0.4 is 0 Å². The third-order valence-electron chi connectivity index (χ3n) is 1.22. The minimum atomic E-state index is 0.800. The van der Waals surface area contributed by atoms with Gasteiger partial charge >= 0.3 is 0 Å². The van der Waals surface area contributed by atoms with Gasteiger partial charge in [0.25, 0.3) is 0 Å². The van der Waals surface area contributed by atoms with E-state index in [1.807, 2.05) is 19.9 Å². The van der Waals surface area contributed by atoms with E-state index in [-0.39, 0.29) is 0 Å². The van der Waals surface area contributed by atoms with Gasteiger partial charge in [-0.05, 0) is 43.2 Å². The van der Waals surface area contributed by atoms with Crippen molar-refractivity contribution in [3.8, 4) is 0 Å². The minimum Gasteiger partial charge on any atom is -0.0837 e. The molecule has 0 aliphatic rings. The van der Waals surface area contributed by atoms with E-state index in [2.05, 4.69) is 12.1 Å². The highest BCUT2D eigenvalue weighted by molar-refractivity contribution is 6.32. The van der Waals surface area contributed by atoms with Gasteiger partial charge in [0.15, 0.2) is 0 Å². The molecule has 0 nitrogen and oxygen atoms in total. The Balaban J connectivity index is 3.25. The Bertz CT molecular complexity index is 196. The summed E-state index contributed by atoms with van der Waals surface area (Å²) < 4.78 is 0. The van der Waals surface area contributed by atoms with E-state index in [0.717, 1.165) is 16.1 Å². The molecule has 1 heteroatoms. The summed E-state index contributed by atoms with van der Waals surface area (Å²) in [5.74, 6) is 0. The monoisotopic (exact) mass is 138 g/mol. The van der Waals surface area contributed by atoms with Crippen LogP contribution in [0.4, 0.5) is 0 Å². The fraction of sp³-hybridized carbons (Fsp3) is 0.250. The Kier molecular flexibility index (Phi) is 1.77. The van der Waals surface area contributed by atoms with E-state index >= 15 is 0 Å². The van der Waals surface area contributed by atoms with Crippen molar-refractivity contribution < 1.29 is 0 Å². The quantitative estimate of drug-likeness (QED) is 0.517. The summed E-state index contributed by atoms with van der Waals surface area (Å²) >= 11 is 5.83. The molecule has 1 aromatic rings. The zero-order valence-corrected chi connectivity index (χ0v) is 6.21. The number of hydrogen-bond acceptors (Lipinski definition) is 0. The van der Waals surface area contributed by atoms with Gasteiger partial charge < -0.3 is 0 Å². The molecular weight excluding hydrogens is 132 g/mol. The molecule has 0 fully saturated rings. The SMILES string of the molecule is Cc1[c][c]cc(C)c1Cl. The summed E-state index contributed by atoms with van der Waals surface area (Å²) in [6.45, 7) is 3.88. The maximum Gasteiger partial charge on any atom is 0.0470 e. The summed E-state index contributed by atoms with van der Waals surface area (Å²) in [6, 6.07) is 7.57. The molecule has 9 heavy (non-hydrogen) atoms. The molecule has 0 atom stereocenters. The second-order valence-corrected chi connectivity index (χ2v) is 2.41. The van der Waals surface area contributed by atoms with Crippen LogP contribution in [0.1, 0.15) is 11.1 Å². The van der Waals surface area contributed by atoms with Crippen LogP contribution in [0.15, 0.2) is 6.07 Å². The van der Waals surface area contributed by atoms with Gasteiger partial charge in [-0.1, -0.05) is 11.6 Å². The summed E-state index contributed by atoms with van der Waals surface area (Å²) in [6.07, 6.45) is 0. The van der Waals surface area contributed by atoms with Crippen molar-refractivity contribution in [1.82, 2.24) is 0 Å².